The molecular weight excluding hydrogens is 340 g/mol. The summed E-state index contributed by atoms with van der Waals surface area (Å²) in [5.74, 6) is -2.64. The maximum atomic E-state index is 9.77. The third-order valence-corrected chi connectivity index (χ3v) is 4.73. The second-order valence-corrected chi connectivity index (χ2v) is 6.71. The largest absolute Gasteiger partial charge is 0.479 e. The Bertz CT molecular complexity index is 565. The summed E-state index contributed by atoms with van der Waals surface area (Å²) in [5.41, 5.74) is 1.45. The maximum absolute atomic E-state index is 9.77. The van der Waals surface area contributed by atoms with Crippen LogP contribution < -0.4 is 5.32 Å². The highest BCUT2D eigenvalue weighted by atomic mass is 16.4. The Labute approximate surface area is 152 Å². The molecule has 0 amide bonds. The van der Waals surface area contributed by atoms with Crippen LogP contribution in [-0.2, 0) is 16.1 Å². The summed E-state index contributed by atoms with van der Waals surface area (Å²) in [7, 11) is 0. The number of aliphatic hydroxyl groups is 2. The molecule has 3 rings (SSSR count). The van der Waals surface area contributed by atoms with E-state index in [4.69, 9.17) is 20.4 Å². The first kappa shape index (κ1) is 20.3. The van der Waals surface area contributed by atoms with Crippen molar-refractivity contribution < 1.29 is 30.0 Å². The summed E-state index contributed by atoms with van der Waals surface area (Å²) < 4.78 is 0. The molecule has 0 spiro atoms. The fraction of sp³-hybridized carbons (Fsp3) is 0.556. The van der Waals surface area contributed by atoms with Crippen LogP contribution in [0.15, 0.2) is 30.3 Å². The lowest BCUT2D eigenvalue weighted by Gasteiger charge is -2.24. The number of likely N-dealkylation sites (tertiary alicyclic amines) is 1. The number of rotatable bonds is 5. The van der Waals surface area contributed by atoms with Gasteiger partial charge in [-0.1, -0.05) is 30.3 Å². The summed E-state index contributed by atoms with van der Waals surface area (Å²) in [4.78, 5) is 22.1. The predicted octanol–water partition coefficient (Wildman–Crippen LogP) is -0.252. The molecule has 2 saturated heterocycles. The number of nitrogens with zero attached hydrogens (tertiary/aromatic N) is 1. The molecule has 5 N–H and O–H groups in total. The standard InChI is InChI=1S/C14H20N2.C4H6O6/c1-2-5-12(6-3-1)9-16-10-13-7-4-8-15-14(13)11-16;5-1(3(7)8)2(6)4(9)10/h1-3,5-6,13-15H,4,7-11H2;1-2,5-6H,(H,7,8)(H,9,10). The SMILES string of the molecule is O=C(O)C(O)C(O)C(=O)O.c1ccc(CN2CC3CCCNC3C2)cc1. The molecule has 1 aromatic rings. The van der Waals surface area contributed by atoms with Gasteiger partial charge in [-0.25, -0.2) is 9.59 Å². The van der Waals surface area contributed by atoms with Crippen molar-refractivity contribution in [3.63, 3.8) is 0 Å². The van der Waals surface area contributed by atoms with Gasteiger partial charge in [-0.05, 0) is 30.9 Å². The first-order valence-corrected chi connectivity index (χ1v) is 8.70. The zero-order valence-electron chi connectivity index (χ0n) is 14.5. The van der Waals surface area contributed by atoms with E-state index in [1.807, 2.05) is 0 Å². The summed E-state index contributed by atoms with van der Waals surface area (Å²) in [6, 6.07) is 11.6. The number of hydrogen-bond acceptors (Lipinski definition) is 6. The number of hydrogen-bond donors (Lipinski definition) is 5. The van der Waals surface area contributed by atoms with E-state index in [-0.39, 0.29) is 0 Å². The quantitative estimate of drug-likeness (QED) is 0.482. The number of carboxylic acid groups (broad SMARTS) is 2. The lowest BCUT2D eigenvalue weighted by atomic mass is 9.94. The first-order valence-electron chi connectivity index (χ1n) is 8.70. The Hall–Kier alpha value is -2.00. The maximum Gasteiger partial charge on any atom is 0.335 e. The number of aliphatic hydroxyl groups excluding tert-OH is 2. The van der Waals surface area contributed by atoms with E-state index >= 15 is 0 Å². The lowest BCUT2D eigenvalue weighted by molar-refractivity contribution is -0.165. The minimum Gasteiger partial charge on any atom is -0.479 e. The Morgan fingerprint density at radius 1 is 1.08 bits per heavy atom. The number of nitrogens with one attached hydrogen (secondary N) is 1. The van der Waals surface area contributed by atoms with Gasteiger partial charge in [0.1, 0.15) is 0 Å². The van der Waals surface area contributed by atoms with Crippen LogP contribution in [0.2, 0.25) is 0 Å². The van der Waals surface area contributed by atoms with Crippen LogP contribution >= 0.6 is 0 Å². The van der Waals surface area contributed by atoms with E-state index in [1.54, 1.807) is 0 Å². The topological polar surface area (TPSA) is 130 Å². The van der Waals surface area contributed by atoms with Gasteiger partial charge in [0.05, 0.1) is 0 Å². The Balaban J connectivity index is 0.000000213. The van der Waals surface area contributed by atoms with E-state index < -0.39 is 24.1 Å². The first-order chi connectivity index (χ1) is 12.4. The molecular formula is C18H26N2O6. The molecule has 8 nitrogen and oxygen atoms in total. The van der Waals surface area contributed by atoms with Crippen LogP contribution in [0.1, 0.15) is 18.4 Å². The van der Waals surface area contributed by atoms with Gasteiger partial charge in [-0.15, -0.1) is 0 Å². The van der Waals surface area contributed by atoms with E-state index in [1.165, 1.54) is 38.0 Å². The molecule has 4 atom stereocenters. The Kier molecular flexibility index (Phi) is 7.52. The zero-order valence-corrected chi connectivity index (χ0v) is 14.5. The number of carboxylic acids is 2. The van der Waals surface area contributed by atoms with Crippen LogP contribution in [0.4, 0.5) is 0 Å². The molecule has 1 aromatic carbocycles. The fourth-order valence-corrected chi connectivity index (χ4v) is 3.38. The van der Waals surface area contributed by atoms with Gasteiger partial charge in [-0.2, -0.15) is 0 Å². The van der Waals surface area contributed by atoms with Crippen molar-refractivity contribution in [3.8, 4) is 0 Å². The molecule has 8 heteroatoms. The minimum atomic E-state index is -2.27. The van der Waals surface area contributed by atoms with Crippen LogP contribution in [-0.4, -0.2) is 75.1 Å². The summed E-state index contributed by atoms with van der Waals surface area (Å²) >= 11 is 0. The van der Waals surface area contributed by atoms with E-state index in [9.17, 15) is 9.59 Å². The molecule has 26 heavy (non-hydrogen) atoms. The molecule has 2 aliphatic rings. The molecule has 2 fully saturated rings. The molecule has 0 bridgehead atoms. The highest BCUT2D eigenvalue weighted by Crippen LogP contribution is 2.25. The molecule has 2 aliphatic heterocycles. The minimum absolute atomic E-state index is 0.762. The van der Waals surface area contributed by atoms with Crippen molar-refractivity contribution in [1.82, 2.24) is 10.2 Å². The van der Waals surface area contributed by atoms with Gasteiger partial charge in [0.25, 0.3) is 0 Å². The monoisotopic (exact) mass is 366 g/mol. The number of benzene rings is 1. The van der Waals surface area contributed by atoms with Gasteiger partial charge in [-0.3, -0.25) is 4.90 Å². The molecule has 2 heterocycles. The van der Waals surface area contributed by atoms with Gasteiger partial charge in [0.2, 0.25) is 0 Å². The van der Waals surface area contributed by atoms with Crippen LogP contribution in [0.3, 0.4) is 0 Å². The Morgan fingerprint density at radius 2 is 1.69 bits per heavy atom. The average molecular weight is 366 g/mol. The van der Waals surface area contributed by atoms with Crippen molar-refractivity contribution in [2.45, 2.75) is 37.6 Å². The number of aliphatic carboxylic acids is 2. The summed E-state index contributed by atoms with van der Waals surface area (Å²) in [6.45, 7) is 4.86. The van der Waals surface area contributed by atoms with Gasteiger partial charge in [0.15, 0.2) is 12.2 Å². The number of fused-ring (bicyclic) bond motifs is 1. The molecule has 0 aliphatic carbocycles. The van der Waals surface area contributed by atoms with E-state index in [2.05, 4.69) is 40.5 Å². The van der Waals surface area contributed by atoms with Gasteiger partial charge < -0.3 is 25.7 Å². The zero-order chi connectivity index (χ0) is 19.1. The molecule has 0 radical (unpaired) electrons. The summed E-state index contributed by atoms with van der Waals surface area (Å²) in [5, 5.41) is 36.2. The normalized spacial score (nSPS) is 24.7. The van der Waals surface area contributed by atoms with Crippen LogP contribution in [0.5, 0.6) is 0 Å². The number of piperidine rings is 1. The predicted molar refractivity (Wildman–Crippen MR) is 93.5 cm³/mol. The molecule has 0 saturated carbocycles. The highest BCUT2D eigenvalue weighted by molar-refractivity contribution is 5.83. The van der Waals surface area contributed by atoms with Crippen LogP contribution in [0, 0.1) is 5.92 Å². The molecule has 144 valence electrons. The smallest absolute Gasteiger partial charge is 0.335 e. The van der Waals surface area contributed by atoms with Gasteiger partial charge >= 0.3 is 11.9 Å². The lowest BCUT2D eigenvalue weighted by Crippen LogP contribution is -2.40. The van der Waals surface area contributed by atoms with Crippen molar-refractivity contribution >= 4 is 11.9 Å². The molecule has 0 aromatic heterocycles. The fourth-order valence-electron chi connectivity index (χ4n) is 3.38. The van der Waals surface area contributed by atoms with Crippen LogP contribution in [0.25, 0.3) is 0 Å². The molecule has 4 unspecified atom stereocenters. The Morgan fingerprint density at radius 3 is 2.23 bits per heavy atom. The third kappa shape index (κ3) is 5.77. The van der Waals surface area contributed by atoms with Crippen molar-refractivity contribution in [2.75, 3.05) is 19.6 Å². The van der Waals surface area contributed by atoms with Crippen molar-refractivity contribution in [3.05, 3.63) is 35.9 Å². The number of carbonyl (C=O) groups is 2. The average Bonchev–Trinajstić information content (AvgIpc) is 3.03. The van der Waals surface area contributed by atoms with Crippen molar-refractivity contribution in [2.24, 2.45) is 5.92 Å². The second kappa shape index (κ2) is 9.63. The highest BCUT2D eigenvalue weighted by Gasteiger charge is 2.33. The third-order valence-electron chi connectivity index (χ3n) is 4.73. The van der Waals surface area contributed by atoms with E-state index in [0.29, 0.717) is 0 Å². The second-order valence-electron chi connectivity index (χ2n) is 6.71. The summed E-state index contributed by atoms with van der Waals surface area (Å²) in [6.07, 6.45) is -1.75. The van der Waals surface area contributed by atoms with E-state index in [0.717, 1.165) is 18.5 Å². The van der Waals surface area contributed by atoms with Crippen molar-refractivity contribution in [1.29, 1.82) is 0 Å². The van der Waals surface area contributed by atoms with Gasteiger partial charge in [0, 0.05) is 25.7 Å².